The number of benzene rings is 1. The summed E-state index contributed by atoms with van der Waals surface area (Å²) in [5.74, 6) is 1.55. The van der Waals surface area contributed by atoms with Gasteiger partial charge in [0.25, 0.3) is 0 Å². The highest BCUT2D eigenvalue weighted by Crippen LogP contribution is 2.24. The second-order valence-corrected chi connectivity index (χ2v) is 4.50. The molecule has 0 radical (unpaired) electrons. The third-order valence-corrected chi connectivity index (χ3v) is 3.09. The number of aryl methyl sites for hydroxylation is 1. The van der Waals surface area contributed by atoms with Crippen molar-refractivity contribution >= 4 is 17.3 Å². The average Bonchev–Trinajstić information content (AvgIpc) is 2.51. The molecule has 0 spiro atoms. The Labute approximate surface area is 122 Å². The van der Waals surface area contributed by atoms with Gasteiger partial charge in [-0.1, -0.05) is 6.92 Å². The lowest BCUT2D eigenvalue weighted by molar-refractivity contribution is 0.624. The van der Waals surface area contributed by atoms with Crippen molar-refractivity contribution in [3.63, 3.8) is 0 Å². The number of halogens is 1. The number of rotatable bonds is 4. The molecule has 6 heteroatoms. The Morgan fingerprint density at radius 3 is 2.62 bits per heavy atom. The van der Waals surface area contributed by atoms with E-state index in [1.807, 2.05) is 19.9 Å². The molecule has 0 aliphatic heterocycles. The smallest absolute Gasteiger partial charge is 0.141 e. The quantitative estimate of drug-likeness (QED) is 0.902. The van der Waals surface area contributed by atoms with E-state index in [0.717, 1.165) is 11.4 Å². The molecule has 0 aliphatic carbocycles. The summed E-state index contributed by atoms with van der Waals surface area (Å²) in [5.41, 5.74) is 1.47. The molecule has 2 rings (SSSR count). The van der Waals surface area contributed by atoms with Gasteiger partial charge in [0.15, 0.2) is 0 Å². The van der Waals surface area contributed by atoms with Crippen LogP contribution in [0.2, 0.25) is 0 Å². The van der Waals surface area contributed by atoms with Gasteiger partial charge in [-0.2, -0.15) is 5.26 Å². The molecule has 0 unspecified atom stereocenters. The maximum absolute atomic E-state index is 13.3. The van der Waals surface area contributed by atoms with Gasteiger partial charge in [-0.15, -0.1) is 0 Å². The predicted octanol–water partition coefficient (Wildman–Crippen LogP) is 3.14. The Morgan fingerprint density at radius 2 is 2.00 bits per heavy atom. The van der Waals surface area contributed by atoms with Gasteiger partial charge in [-0.3, -0.25) is 0 Å². The fourth-order valence-electron chi connectivity index (χ4n) is 1.91. The Morgan fingerprint density at radius 1 is 1.29 bits per heavy atom. The largest absolute Gasteiger partial charge is 0.373 e. The zero-order valence-electron chi connectivity index (χ0n) is 12.2. The molecule has 1 aromatic heterocycles. The maximum Gasteiger partial charge on any atom is 0.141 e. The minimum absolute atomic E-state index is 0.00346. The number of nitrogens with zero attached hydrogens (tertiary/aromatic N) is 3. The molecule has 1 heterocycles. The molecular formula is C15H16FN5. The van der Waals surface area contributed by atoms with Crippen LogP contribution in [0.15, 0.2) is 18.2 Å². The van der Waals surface area contributed by atoms with Crippen LogP contribution in [0, 0.1) is 24.1 Å². The molecule has 0 atom stereocenters. The van der Waals surface area contributed by atoms with Gasteiger partial charge in [-0.25, -0.2) is 14.4 Å². The second-order valence-electron chi connectivity index (χ2n) is 4.50. The maximum atomic E-state index is 13.3. The fraction of sp³-hybridized carbons (Fsp3) is 0.267. The molecule has 5 nitrogen and oxygen atoms in total. The lowest BCUT2D eigenvalue weighted by Gasteiger charge is -2.13. The van der Waals surface area contributed by atoms with Crippen LogP contribution in [-0.4, -0.2) is 17.0 Å². The van der Waals surface area contributed by atoms with Gasteiger partial charge in [0.2, 0.25) is 0 Å². The van der Waals surface area contributed by atoms with Crippen LogP contribution in [0.25, 0.3) is 0 Å². The second kappa shape index (κ2) is 6.18. The van der Waals surface area contributed by atoms with Crippen LogP contribution in [0.4, 0.5) is 21.7 Å². The highest BCUT2D eigenvalue weighted by molar-refractivity contribution is 5.65. The van der Waals surface area contributed by atoms with Crippen LogP contribution < -0.4 is 10.6 Å². The first-order chi connectivity index (χ1) is 10.1. The van der Waals surface area contributed by atoms with E-state index in [1.165, 1.54) is 12.1 Å². The molecule has 0 bridgehead atoms. The minimum atomic E-state index is -0.535. The fourth-order valence-corrected chi connectivity index (χ4v) is 1.91. The van der Waals surface area contributed by atoms with Crippen molar-refractivity contribution in [2.75, 3.05) is 17.7 Å². The Hall–Kier alpha value is -2.68. The van der Waals surface area contributed by atoms with E-state index in [2.05, 4.69) is 20.6 Å². The van der Waals surface area contributed by atoms with E-state index in [4.69, 9.17) is 5.26 Å². The third kappa shape index (κ3) is 3.08. The van der Waals surface area contributed by atoms with Crippen molar-refractivity contribution in [2.45, 2.75) is 20.3 Å². The summed E-state index contributed by atoms with van der Waals surface area (Å²) in [5, 5.41) is 15.0. The Kier molecular flexibility index (Phi) is 4.33. The normalized spacial score (nSPS) is 10.0. The first kappa shape index (κ1) is 14.7. The van der Waals surface area contributed by atoms with E-state index < -0.39 is 5.82 Å². The summed E-state index contributed by atoms with van der Waals surface area (Å²) >= 11 is 0. The molecule has 108 valence electrons. The van der Waals surface area contributed by atoms with Crippen molar-refractivity contribution in [3.05, 3.63) is 41.0 Å². The van der Waals surface area contributed by atoms with E-state index >= 15 is 0 Å². The molecule has 2 aromatic rings. The standard InChI is InChI=1S/C15H16FN5/c1-4-13-20-14(18-3)9(2)15(21-13)19-11-5-6-12(16)10(7-11)8-17/h5-7H,4H2,1-3H3,(H2,18,19,20,21). The van der Waals surface area contributed by atoms with Crippen LogP contribution >= 0.6 is 0 Å². The predicted molar refractivity (Wildman–Crippen MR) is 80.1 cm³/mol. The molecule has 0 saturated carbocycles. The zero-order chi connectivity index (χ0) is 15.4. The molecule has 1 aromatic carbocycles. The van der Waals surface area contributed by atoms with Gasteiger partial charge < -0.3 is 10.6 Å². The van der Waals surface area contributed by atoms with Crippen molar-refractivity contribution in [1.29, 1.82) is 5.26 Å². The van der Waals surface area contributed by atoms with E-state index in [9.17, 15) is 4.39 Å². The van der Waals surface area contributed by atoms with Crippen molar-refractivity contribution in [2.24, 2.45) is 0 Å². The van der Waals surface area contributed by atoms with Gasteiger partial charge >= 0.3 is 0 Å². The monoisotopic (exact) mass is 285 g/mol. The molecule has 0 saturated heterocycles. The minimum Gasteiger partial charge on any atom is -0.373 e. The summed E-state index contributed by atoms with van der Waals surface area (Å²) in [4.78, 5) is 8.82. The Balaban J connectivity index is 2.41. The lowest BCUT2D eigenvalue weighted by Crippen LogP contribution is -2.07. The van der Waals surface area contributed by atoms with Gasteiger partial charge in [0.05, 0.1) is 5.56 Å². The SMILES string of the molecule is CCc1nc(NC)c(C)c(Nc2ccc(F)c(C#N)c2)n1. The first-order valence-electron chi connectivity index (χ1n) is 6.61. The van der Waals surface area contributed by atoms with Gasteiger partial charge in [0, 0.05) is 24.7 Å². The topological polar surface area (TPSA) is 73.6 Å². The van der Waals surface area contributed by atoms with E-state index in [1.54, 1.807) is 13.1 Å². The van der Waals surface area contributed by atoms with Crippen LogP contribution in [0.5, 0.6) is 0 Å². The number of nitrogens with one attached hydrogen (secondary N) is 2. The van der Waals surface area contributed by atoms with Crippen molar-refractivity contribution in [1.82, 2.24) is 9.97 Å². The number of hydrogen-bond acceptors (Lipinski definition) is 5. The number of nitriles is 1. The molecular weight excluding hydrogens is 269 g/mol. The zero-order valence-corrected chi connectivity index (χ0v) is 12.2. The summed E-state index contributed by atoms with van der Waals surface area (Å²) in [6, 6.07) is 6.11. The summed E-state index contributed by atoms with van der Waals surface area (Å²) in [7, 11) is 1.80. The van der Waals surface area contributed by atoms with Crippen LogP contribution in [0.1, 0.15) is 23.9 Å². The van der Waals surface area contributed by atoms with E-state index in [0.29, 0.717) is 23.8 Å². The summed E-state index contributed by atoms with van der Waals surface area (Å²) < 4.78 is 13.3. The molecule has 0 amide bonds. The van der Waals surface area contributed by atoms with Crippen molar-refractivity contribution < 1.29 is 4.39 Å². The van der Waals surface area contributed by atoms with Crippen molar-refractivity contribution in [3.8, 4) is 6.07 Å². The summed E-state index contributed by atoms with van der Waals surface area (Å²) in [6.07, 6.45) is 0.705. The van der Waals surface area contributed by atoms with Crippen LogP contribution in [-0.2, 0) is 6.42 Å². The van der Waals surface area contributed by atoms with Gasteiger partial charge in [0.1, 0.15) is 29.3 Å². The summed E-state index contributed by atoms with van der Waals surface area (Å²) in [6.45, 7) is 3.86. The number of hydrogen-bond donors (Lipinski definition) is 2. The Bertz CT molecular complexity index is 706. The lowest BCUT2D eigenvalue weighted by atomic mass is 10.2. The van der Waals surface area contributed by atoms with E-state index in [-0.39, 0.29) is 5.56 Å². The number of aromatic nitrogens is 2. The first-order valence-corrected chi connectivity index (χ1v) is 6.61. The third-order valence-electron chi connectivity index (χ3n) is 3.09. The average molecular weight is 285 g/mol. The highest BCUT2D eigenvalue weighted by Gasteiger charge is 2.10. The molecule has 0 aliphatic rings. The highest BCUT2D eigenvalue weighted by atomic mass is 19.1. The van der Waals surface area contributed by atoms with Gasteiger partial charge in [-0.05, 0) is 25.1 Å². The molecule has 2 N–H and O–H groups in total. The van der Waals surface area contributed by atoms with Crippen LogP contribution in [0.3, 0.4) is 0 Å². The number of anilines is 3. The molecule has 0 fully saturated rings. The molecule has 21 heavy (non-hydrogen) atoms.